The molecule has 0 bridgehead atoms. The molecule has 1 aliphatic rings. The minimum atomic E-state index is -0.181. The van der Waals surface area contributed by atoms with Crippen LogP contribution in [0.15, 0.2) is 54.9 Å². The van der Waals surface area contributed by atoms with Gasteiger partial charge in [0.2, 0.25) is 0 Å². The normalized spacial score (nSPS) is 16.2. The largest absolute Gasteiger partial charge is 0.337 e. The van der Waals surface area contributed by atoms with Gasteiger partial charge in [-0.3, -0.25) is 4.98 Å². The van der Waals surface area contributed by atoms with E-state index < -0.39 is 0 Å². The van der Waals surface area contributed by atoms with Crippen LogP contribution in [0.3, 0.4) is 0 Å². The molecule has 2 heterocycles. The Kier molecular flexibility index (Phi) is 6.40. The van der Waals surface area contributed by atoms with Gasteiger partial charge in [-0.15, -0.1) is 0 Å². The molecule has 1 aromatic heterocycles. The SMILES string of the molecule is O=C(NCCN1CCCCC1)N[C@@H](c1ccccc1)c1ccncc1. The van der Waals surface area contributed by atoms with E-state index in [0.29, 0.717) is 6.54 Å². The summed E-state index contributed by atoms with van der Waals surface area (Å²) in [4.78, 5) is 18.9. The lowest BCUT2D eigenvalue weighted by molar-refractivity contribution is 0.219. The van der Waals surface area contributed by atoms with E-state index in [1.54, 1.807) is 12.4 Å². The van der Waals surface area contributed by atoms with E-state index in [0.717, 1.165) is 30.8 Å². The van der Waals surface area contributed by atoms with Crippen molar-refractivity contribution in [2.45, 2.75) is 25.3 Å². The molecule has 1 aromatic carbocycles. The number of aromatic nitrogens is 1. The van der Waals surface area contributed by atoms with Gasteiger partial charge in [-0.2, -0.15) is 0 Å². The summed E-state index contributed by atoms with van der Waals surface area (Å²) in [6.07, 6.45) is 7.37. The summed E-state index contributed by atoms with van der Waals surface area (Å²) in [5.74, 6) is 0. The van der Waals surface area contributed by atoms with E-state index in [4.69, 9.17) is 0 Å². The van der Waals surface area contributed by atoms with Crippen molar-refractivity contribution in [3.05, 3.63) is 66.0 Å². The molecule has 2 amide bonds. The summed E-state index contributed by atoms with van der Waals surface area (Å²) < 4.78 is 0. The molecule has 0 aliphatic carbocycles. The maximum absolute atomic E-state index is 12.4. The van der Waals surface area contributed by atoms with Gasteiger partial charge in [-0.25, -0.2) is 4.79 Å². The van der Waals surface area contributed by atoms with Crippen LogP contribution in [0.2, 0.25) is 0 Å². The second-order valence-corrected chi connectivity index (χ2v) is 6.43. The number of nitrogens with zero attached hydrogens (tertiary/aromatic N) is 2. The van der Waals surface area contributed by atoms with Gasteiger partial charge in [-0.05, 0) is 49.2 Å². The highest BCUT2D eigenvalue weighted by Gasteiger charge is 2.17. The number of nitrogens with one attached hydrogen (secondary N) is 2. The summed E-state index contributed by atoms with van der Waals surface area (Å²) in [5, 5.41) is 6.08. The van der Waals surface area contributed by atoms with Gasteiger partial charge in [0, 0.05) is 25.5 Å². The van der Waals surface area contributed by atoms with Gasteiger partial charge in [0.05, 0.1) is 6.04 Å². The van der Waals surface area contributed by atoms with E-state index in [1.807, 2.05) is 42.5 Å². The summed E-state index contributed by atoms with van der Waals surface area (Å²) in [6.45, 7) is 3.88. The molecular formula is C20H26N4O. The van der Waals surface area contributed by atoms with Gasteiger partial charge >= 0.3 is 6.03 Å². The Hall–Kier alpha value is -2.40. The van der Waals surface area contributed by atoms with Crippen LogP contribution < -0.4 is 10.6 Å². The number of rotatable bonds is 6. The van der Waals surface area contributed by atoms with E-state index in [9.17, 15) is 4.79 Å². The second-order valence-electron chi connectivity index (χ2n) is 6.43. The molecule has 132 valence electrons. The highest BCUT2D eigenvalue weighted by atomic mass is 16.2. The Labute approximate surface area is 149 Å². The van der Waals surface area contributed by atoms with Crippen LogP contribution in [0, 0.1) is 0 Å². The number of urea groups is 1. The number of hydrogen-bond acceptors (Lipinski definition) is 3. The molecule has 2 N–H and O–H groups in total. The Bertz CT molecular complexity index is 602. The molecule has 1 saturated heterocycles. The number of pyridine rings is 1. The van der Waals surface area contributed by atoms with E-state index in [1.165, 1.54) is 19.3 Å². The zero-order valence-corrected chi connectivity index (χ0v) is 14.5. The Morgan fingerprint density at radius 2 is 1.68 bits per heavy atom. The molecule has 5 heteroatoms. The zero-order chi connectivity index (χ0) is 17.3. The summed E-state index contributed by atoms with van der Waals surface area (Å²) in [5.41, 5.74) is 2.08. The minimum absolute atomic E-state index is 0.136. The third kappa shape index (κ3) is 5.29. The molecule has 5 nitrogen and oxygen atoms in total. The number of carbonyl (C=O) groups is 1. The standard InChI is InChI=1S/C20H26N4O/c25-20(22-13-16-24-14-5-2-6-15-24)23-19(17-7-3-1-4-8-17)18-9-11-21-12-10-18/h1,3-4,7-12,19H,2,5-6,13-16H2,(H2,22,23,25)/t19-/m0/s1. The molecular weight excluding hydrogens is 312 g/mol. The Morgan fingerprint density at radius 1 is 1.00 bits per heavy atom. The lowest BCUT2D eigenvalue weighted by Gasteiger charge is -2.26. The van der Waals surface area contributed by atoms with Crippen molar-refractivity contribution in [3.8, 4) is 0 Å². The monoisotopic (exact) mass is 338 g/mol. The fourth-order valence-corrected chi connectivity index (χ4v) is 3.25. The molecule has 0 unspecified atom stereocenters. The summed E-state index contributed by atoms with van der Waals surface area (Å²) in [6, 6.07) is 13.6. The predicted molar refractivity (Wildman–Crippen MR) is 99.3 cm³/mol. The molecule has 25 heavy (non-hydrogen) atoms. The number of benzene rings is 1. The first kappa shape index (κ1) is 17.4. The molecule has 2 aromatic rings. The molecule has 1 atom stereocenters. The predicted octanol–water partition coefficient (Wildman–Crippen LogP) is 2.96. The Balaban J connectivity index is 1.57. The van der Waals surface area contributed by atoms with Gasteiger partial charge in [0.25, 0.3) is 0 Å². The third-order valence-electron chi connectivity index (χ3n) is 4.61. The van der Waals surface area contributed by atoms with Gasteiger partial charge < -0.3 is 15.5 Å². The maximum atomic E-state index is 12.4. The number of likely N-dealkylation sites (tertiary alicyclic amines) is 1. The second kappa shape index (κ2) is 9.18. The van der Waals surface area contributed by atoms with Crippen molar-refractivity contribution < 1.29 is 4.79 Å². The van der Waals surface area contributed by atoms with Crippen molar-refractivity contribution in [3.63, 3.8) is 0 Å². The van der Waals surface area contributed by atoms with Crippen LogP contribution >= 0.6 is 0 Å². The first-order chi connectivity index (χ1) is 12.3. The molecule has 1 fully saturated rings. The third-order valence-corrected chi connectivity index (χ3v) is 4.61. The molecule has 0 radical (unpaired) electrons. The minimum Gasteiger partial charge on any atom is -0.337 e. The molecule has 0 spiro atoms. The van der Waals surface area contributed by atoms with Crippen molar-refractivity contribution in [2.75, 3.05) is 26.2 Å². The number of hydrogen-bond donors (Lipinski definition) is 2. The molecule has 1 aliphatic heterocycles. The quantitative estimate of drug-likeness (QED) is 0.851. The van der Waals surface area contributed by atoms with Gasteiger partial charge in [-0.1, -0.05) is 36.8 Å². The molecule has 0 saturated carbocycles. The van der Waals surface area contributed by atoms with Gasteiger partial charge in [0.1, 0.15) is 0 Å². The zero-order valence-electron chi connectivity index (χ0n) is 14.5. The van der Waals surface area contributed by atoms with E-state index in [2.05, 4.69) is 20.5 Å². The summed E-state index contributed by atoms with van der Waals surface area (Å²) in [7, 11) is 0. The van der Waals surface area contributed by atoms with Crippen molar-refractivity contribution in [2.24, 2.45) is 0 Å². The summed E-state index contributed by atoms with van der Waals surface area (Å²) >= 11 is 0. The smallest absolute Gasteiger partial charge is 0.315 e. The topological polar surface area (TPSA) is 57.3 Å². The average Bonchev–Trinajstić information content (AvgIpc) is 2.68. The van der Waals surface area contributed by atoms with E-state index >= 15 is 0 Å². The Morgan fingerprint density at radius 3 is 2.40 bits per heavy atom. The lowest BCUT2D eigenvalue weighted by atomic mass is 10.00. The molecule has 3 rings (SSSR count). The number of carbonyl (C=O) groups excluding carboxylic acids is 1. The van der Waals surface area contributed by atoms with Crippen LogP contribution in [0.25, 0.3) is 0 Å². The first-order valence-corrected chi connectivity index (χ1v) is 9.04. The number of amides is 2. The fourth-order valence-electron chi connectivity index (χ4n) is 3.25. The highest BCUT2D eigenvalue weighted by molar-refractivity contribution is 5.75. The highest BCUT2D eigenvalue weighted by Crippen LogP contribution is 2.21. The van der Waals surface area contributed by atoms with Crippen molar-refractivity contribution >= 4 is 6.03 Å². The van der Waals surface area contributed by atoms with Crippen LogP contribution in [-0.4, -0.2) is 42.1 Å². The lowest BCUT2D eigenvalue weighted by Crippen LogP contribution is -2.43. The first-order valence-electron chi connectivity index (χ1n) is 9.04. The average molecular weight is 338 g/mol. The fraction of sp³-hybridized carbons (Fsp3) is 0.400. The van der Waals surface area contributed by atoms with Crippen LogP contribution in [-0.2, 0) is 0 Å². The van der Waals surface area contributed by atoms with Crippen molar-refractivity contribution in [1.29, 1.82) is 0 Å². The maximum Gasteiger partial charge on any atom is 0.315 e. The van der Waals surface area contributed by atoms with Crippen LogP contribution in [0.1, 0.15) is 36.4 Å². The number of piperidine rings is 1. The van der Waals surface area contributed by atoms with Crippen LogP contribution in [0.5, 0.6) is 0 Å². The van der Waals surface area contributed by atoms with Gasteiger partial charge in [0.15, 0.2) is 0 Å². The van der Waals surface area contributed by atoms with Crippen molar-refractivity contribution in [1.82, 2.24) is 20.5 Å². The van der Waals surface area contributed by atoms with E-state index in [-0.39, 0.29) is 12.1 Å². The van der Waals surface area contributed by atoms with Crippen LogP contribution in [0.4, 0.5) is 4.79 Å².